The number of anilines is 1. The van der Waals surface area contributed by atoms with E-state index in [1.165, 1.54) is 43.4 Å². The summed E-state index contributed by atoms with van der Waals surface area (Å²) in [5.74, 6) is 1.01. The van der Waals surface area contributed by atoms with Crippen molar-refractivity contribution in [2.24, 2.45) is 0 Å². The highest BCUT2D eigenvalue weighted by atomic mass is 15.6. The topological polar surface area (TPSA) is 53.3 Å². The van der Waals surface area contributed by atoms with E-state index in [4.69, 9.17) is 0 Å². The third-order valence-electron chi connectivity index (χ3n) is 6.31. The predicted octanol–water partition coefficient (Wildman–Crippen LogP) is 2.58. The second-order valence-corrected chi connectivity index (χ2v) is 8.50. The molecule has 1 atom stereocenters. The monoisotopic (exact) mass is 383 g/mol. The first kappa shape index (κ1) is 19.3. The minimum atomic E-state index is 0.113. The van der Waals surface area contributed by atoms with Gasteiger partial charge in [-0.15, -0.1) is 5.10 Å². The lowest BCUT2D eigenvalue weighted by Gasteiger charge is -2.38. The molecule has 0 N–H and O–H groups in total. The zero-order valence-corrected chi connectivity index (χ0v) is 17.5. The van der Waals surface area contributed by atoms with Crippen LogP contribution in [0.1, 0.15) is 55.6 Å². The molecular formula is C21H33N7. The van der Waals surface area contributed by atoms with Crippen LogP contribution in [0.25, 0.3) is 0 Å². The van der Waals surface area contributed by atoms with E-state index >= 15 is 0 Å². The Bertz CT molecular complexity index is 740. The molecule has 2 aromatic rings. The first-order chi connectivity index (χ1) is 13.6. The molecule has 1 saturated heterocycles. The molecule has 1 aliphatic heterocycles. The van der Waals surface area contributed by atoms with Gasteiger partial charge in [0.1, 0.15) is 0 Å². The summed E-state index contributed by atoms with van der Waals surface area (Å²) in [4.78, 5) is 7.09. The molecule has 0 unspecified atom stereocenters. The predicted molar refractivity (Wildman–Crippen MR) is 112 cm³/mol. The summed E-state index contributed by atoms with van der Waals surface area (Å²) >= 11 is 0. The van der Waals surface area contributed by atoms with Gasteiger partial charge in [0.25, 0.3) is 0 Å². The minimum Gasteiger partial charge on any atom is -0.378 e. The maximum absolute atomic E-state index is 4.56. The fraction of sp³-hybridized carbons (Fsp3) is 0.667. The van der Waals surface area contributed by atoms with E-state index in [-0.39, 0.29) is 6.04 Å². The van der Waals surface area contributed by atoms with Gasteiger partial charge in [-0.05, 0) is 48.0 Å². The van der Waals surface area contributed by atoms with Crippen LogP contribution in [0.15, 0.2) is 24.3 Å². The summed E-state index contributed by atoms with van der Waals surface area (Å²) in [6.45, 7) is 4.23. The van der Waals surface area contributed by atoms with Gasteiger partial charge in [-0.25, -0.2) is 4.68 Å². The lowest BCUT2D eigenvalue weighted by atomic mass is 9.95. The van der Waals surface area contributed by atoms with E-state index in [0.717, 1.165) is 32.0 Å². The van der Waals surface area contributed by atoms with Gasteiger partial charge < -0.3 is 9.80 Å². The maximum atomic E-state index is 4.56. The average Bonchev–Trinajstić information content (AvgIpc) is 3.20. The summed E-state index contributed by atoms with van der Waals surface area (Å²) in [5, 5.41) is 13.1. The summed E-state index contributed by atoms with van der Waals surface area (Å²) in [6.07, 6.45) is 6.27. The first-order valence-corrected chi connectivity index (χ1v) is 10.6. The van der Waals surface area contributed by atoms with Crippen LogP contribution in [0.2, 0.25) is 0 Å². The van der Waals surface area contributed by atoms with Crippen LogP contribution >= 0.6 is 0 Å². The van der Waals surface area contributed by atoms with Crippen molar-refractivity contribution >= 4 is 5.69 Å². The smallest absolute Gasteiger partial charge is 0.173 e. The van der Waals surface area contributed by atoms with Crippen LogP contribution in [0.4, 0.5) is 5.69 Å². The molecule has 0 bridgehead atoms. The Kier molecular flexibility index (Phi) is 5.92. The van der Waals surface area contributed by atoms with E-state index in [9.17, 15) is 0 Å². The van der Waals surface area contributed by atoms with Crippen molar-refractivity contribution in [2.45, 2.75) is 44.2 Å². The lowest BCUT2D eigenvalue weighted by Crippen LogP contribution is -2.46. The Balaban J connectivity index is 1.68. The van der Waals surface area contributed by atoms with Crippen LogP contribution in [0, 0.1) is 0 Å². The van der Waals surface area contributed by atoms with Gasteiger partial charge in [0.15, 0.2) is 5.82 Å². The van der Waals surface area contributed by atoms with Gasteiger partial charge in [-0.3, -0.25) is 4.90 Å². The van der Waals surface area contributed by atoms with Gasteiger partial charge in [-0.1, -0.05) is 31.4 Å². The molecule has 1 aliphatic carbocycles. The SMILES string of the molecule is CN1CCN([C@H](c2ccc(N(C)C)cc2)c2nnnn2C2CCCCC2)CC1. The number of rotatable bonds is 5. The second-order valence-electron chi connectivity index (χ2n) is 8.50. The van der Waals surface area contributed by atoms with E-state index < -0.39 is 0 Å². The molecule has 1 saturated carbocycles. The maximum Gasteiger partial charge on any atom is 0.173 e. The number of likely N-dealkylation sites (N-methyl/N-ethyl adjacent to an activating group) is 1. The Morgan fingerprint density at radius 2 is 1.64 bits per heavy atom. The Morgan fingerprint density at radius 3 is 2.29 bits per heavy atom. The molecule has 7 heteroatoms. The number of aromatic nitrogens is 4. The van der Waals surface area contributed by atoms with Crippen molar-refractivity contribution < 1.29 is 0 Å². The molecule has 28 heavy (non-hydrogen) atoms. The molecule has 1 aromatic carbocycles. The Hall–Kier alpha value is -1.99. The van der Waals surface area contributed by atoms with Crippen LogP contribution in [0.5, 0.6) is 0 Å². The van der Waals surface area contributed by atoms with Gasteiger partial charge in [0.2, 0.25) is 0 Å². The molecule has 7 nitrogen and oxygen atoms in total. The molecule has 0 radical (unpaired) electrons. The minimum absolute atomic E-state index is 0.113. The summed E-state index contributed by atoms with van der Waals surface area (Å²) in [5.41, 5.74) is 2.50. The van der Waals surface area contributed by atoms with Crippen molar-refractivity contribution in [1.29, 1.82) is 0 Å². The number of hydrogen-bond donors (Lipinski definition) is 0. The molecule has 152 valence electrons. The molecule has 2 heterocycles. The third kappa shape index (κ3) is 4.05. The quantitative estimate of drug-likeness (QED) is 0.791. The zero-order valence-electron chi connectivity index (χ0n) is 17.5. The van der Waals surface area contributed by atoms with E-state index in [2.05, 4.69) is 80.3 Å². The van der Waals surface area contributed by atoms with Crippen LogP contribution in [0.3, 0.4) is 0 Å². The van der Waals surface area contributed by atoms with Crippen molar-refractivity contribution in [3.8, 4) is 0 Å². The highest BCUT2D eigenvalue weighted by Gasteiger charge is 2.32. The van der Waals surface area contributed by atoms with Gasteiger partial charge in [0, 0.05) is 46.0 Å². The normalized spacial score (nSPS) is 21.0. The van der Waals surface area contributed by atoms with Gasteiger partial charge in [0.05, 0.1) is 12.1 Å². The zero-order chi connectivity index (χ0) is 19.5. The van der Waals surface area contributed by atoms with Crippen molar-refractivity contribution in [3.63, 3.8) is 0 Å². The molecule has 2 fully saturated rings. The number of piperazine rings is 1. The second kappa shape index (κ2) is 8.57. The fourth-order valence-corrected chi connectivity index (χ4v) is 4.52. The molecule has 4 rings (SSSR count). The van der Waals surface area contributed by atoms with Crippen LogP contribution in [-0.4, -0.2) is 77.3 Å². The standard InChI is InChI=1S/C21H33N7/c1-25(2)18-11-9-17(10-12-18)20(27-15-13-26(3)14-16-27)21-22-23-24-28(21)19-7-5-4-6-8-19/h9-12,19-20H,4-8,13-16H2,1-3H3/t20-/m1/s1. The fourth-order valence-electron chi connectivity index (χ4n) is 4.52. The van der Waals surface area contributed by atoms with Crippen molar-refractivity contribution in [1.82, 2.24) is 30.0 Å². The van der Waals surface area contributed by atoms with Crippen LogP contribution in [-0.2, 0) is 0 Å². The Morgan fingerprint density at radius 1 is 0.964 bits per heavy atom. The number of tetrazole rings is 1. The third-order valence-corrected chi connectivity index (χ3v) is 6.31. The molecule has 0 spiro atoms. The lowest BCUT2D eigenvalue weighted by molar-refractivity contribution is 0.119. The first-order valence-electron chi connectivity index (χ1n) is 10.6. The highest BCUT2D eigenvalue weighted by Crippen LogP contribution is 2.34. The van der Waals surface area contributed by atoms with Gasteiger partial charge in [-0.2, -0.15) is 0 Å². The van der Waals surface area contributed by atoms with E-state index in [1.54, 1.807) is 0 Å². The number of hydrogen-bond acceptors (Lipinski definition) is 6. The highest BCUT2D eigenvalue weighted by molar-refractivity contribution is 5.47. The van der Waals surface area contributed by atoms with E-state index in [1.807, 2.05) is 0 Å². The largest absolute Gasteiger partial charge is 0.378 e. The number of benzene rings is 1. The van der Waals surface area contributed by atoms with Gasteiger partial charge >= 0.3 is 0 Å². The Labute approximate surface area is 168 Å². The van der Waals surface area contributed by atoms with Crippen LogP contribution < -0.4 is 4.90 Å². The summed E-state index contributed by atoms with van der Waals surface area (Å²) in [7, 11) is 6.36. The molecular weight excluding hydrogens is 350 g/mol. The van der Waals surface area contributed by atoms with Crippen molar-refractivity contribution in [2.75, 3.05) is 52.2 Å². The summed E-state index contributed by atoms with van der Waals surface area (Å²) in [6, 6.07) is 9.45. The molecule has 0 amide bonds. The molecule has 2 aliphatic rings. The number of nitrogens with zero attached hydrogens (tertiary/aromatic N) is 7. The average molecular weight is 384 g/mol. The summed E-state index contributed by atoms with van der Waals surface area (Å²) < 4.78 is 2.14. The van der Waals surface area contributed by atoms with Crippen molar-refractivity contribution in [3.05, 3.63) is 35.7 Å². The molecule has 1 aromatic heterocycles. The van der Waals surface area contributed by atoms with E-state index in [0.29, 0.717) is 6.04 Å².